The van der Waals surface area contributed by atoms with E-state index in [1.54, 1.807) is 13.0 Å². The third kappa shape index (κ3) is 4.46. The van der Waals surface area contributed by atoms with Gasteiger partial charge >= 0.3 is 5.97 Å². The molecule has 0 atom stereocenters. The summed E-state index contributed by atoms with van der Waals surface area (Å²) in [5.74, 6) is -1.85. The molecule has 0 fully saturated rings. The number of ether oxygens (including phenoxy) is 1. The second-order valence-corrected chi connectivity index (χ2v) is 5.89. The normalized spacial score (nSPS) is 10.2. The molecule has 120 valence electrons. The van der Waals surface area contributed by atoms with Gasteiger partial charge in [0, 0.05) is 5.69 Å². The van der Waals surface area contributed by atoms with Crippen molar-refractivity contribution < 1.29 is 23.5 Å². The van der Waals surface area contributed by atoms with Gasteiger partial charge in [-0.05, 0) is 43.7 Å². The van der Waals surface area contributed by atoms with Gasteiger partial charge in [-0.2, -0.15) is 0 Å². The van der Waals surface area contributed by atoms with E-state index in [2.05, 4.69) is 5.32 Å². The molecule has 23 heavy (non-hydrogen) atoms. The number of anilines is 1. The number of Topliss-reactive ketones (excluding diaryl/α,β-unsaturated/α-hetero) is 1. The number of nitrogens with one attached hydrogen (secondary N) is 1. The number of ketones is 1. The number of amides is 1. The molecule has 1 aromatic heterocycles. The van der Waals surface area contributed by atoms with E-state index in [-0.39, 0.29) is 16.3 Å². The molecule has 1 amide bonds. The summed E-state index contributed by atoms with van der Waals surface area (Å²) in [7, 11) is 0. The highest BCUT2D eigenvalue weighted by Crippen LogP contribution is 2.18. The Balaban J connectivity index is 1.89. The highest BCUT2D eigenvalue weighted by molar-refractivity contribution is 7.15. The number of rotatable bonds is 5. The largest absolute Gasteiger partial charge is 0.451 e. The standard InChI is InChI=1S/C16H14FNO4S/c1-9-3-4-11(7-12(9)17)18-15(20)8-22-16(21)14-6-5-13(23-14)10(2)19/h3-7H,8H2,1-2H3,(H,18,20). The number of halogens is 1. The van der Waals surface area contributed by atoms with Gasteiger partial charge in [0.15, 0.2) is 12.4 Å². The van der Waals surface area contributed by atoms with E-state index in [1.807, 2.05) is 0 Å². The molecular weight excluding hydrogens is 321 g/mol. The van der Waals surface area contributed by atoms with Crippen LogP contribution in [-0.2, 0) is 9.53 Å². The van der Waals surface area contributed by atoms with Gasteiger partial charge in [-0.25, -0.2) is 9.18 Å². The number of carbonyl (C=O) groups excluding carboxylic acids is 3. The molecule has 1 heterocycles. The number of hydrogen-bond donors (Lipinski definition) is 1. The average molecular weight is 335 g/mol. The molecule has 0 aliphatic carbocycles. The van der Waals surface area contributed by atoms with Crippen LogP contribution in [0, 0.1) is 12.7 Å². The van der Waals surface area contributed by atoms with Gasteiger partial charge in [0.1, 0.15) is 10.7 Å². The van der Waals surface area contributed by atoms with Crippen molar-refractivity contribution >= 4 is 34.7 Å². The van der Waals surface area contributed by atoms with Gasteiger partial charge in [-0.15, -0.1) is 11.3 Å². The van der Waals surface area contributed by atoms with Crippen LogP contribution in [0.25, 0.3) is 0 Å². The summed E-state index contributed by atoms with van der Waals surface area (Å²) < 4.78 is 18.2. The van der Waals surface area contributed by atoms with Crippen molar-refractivity contribution in [3.8, 4) is 0 Å². The predicted molar refractivity (Wildman–Crippen MR) is 84.4 cm³/mol. The summed E-state index contributed by atoms with van der Waals surface area (Å²) in [6.45, 7) is 2.51. The van der Waals surface area contributed by atoms with Gasteiger partial charge in [0.2, 0.25) is 0 Å². The zero-order valence-electron chi connectivity index (χ0n) is 12.5. The van der Waals surface area contributed by atoms with E-state index in [1.165, 1.54) is 31.2 Å². The molecule has 0 spiro atoms. The molecule has 1 aromatic carbocycles. The van der Waals surface area contributed by atoms with Crippen LogP contribution >= 0.6 is 11.3 Å². The third-order valence-corrected chi connectivity index (χ3v) is 4.11. The van der Waals surface area contributed by atoms with Crippen molar-refractivity contribution in [1.29, 1.82) is 0 Å². The first-order chi connectivity index (χ1) is 10.9. The van der Waals surface area contributed by atoms with E-state index < -0.39 is 24.3 Å². The fourth-order valence-corrected chi connectivity index (χ4v) is 2.50. The number of thiophene rings is 1. The van der Waals surface area contributed by atoms with E-state index in [0.717, 1.165) is 11.3 Å². The van der Waals surface area contributed by atoms with E-state index >= 15 is 0 Å². The topological polar surface area (TPSA) is 72.5 Å². The Morgan fingerprint density at radius 1 is 1.17 bits per heavy atom. The Bertz CT molecular complexity index is 769. The molecule has 0 aliphatic rings. The van der Waals surface area contributed by atoms with Crippen molar-refractivity contribution in [2.24, 2.45) is 0 Å². The molecular formula is C16H14FNO4S. The lowest BCUT2D eigenvalue weighted by atomic mass is 10.2. The first-order valence-electron chi connectivity index (χ1n) is 6.70. The van der Waals surface area contributed by atoms with Crippen molar-refractivity contribution in [3.05, 3.63) is 51.5 Å². The van der Waals surface area contributed by atoms with Gasteiger partial charge in [0.25, 0.3) is 5.91 Å². The Hall–Kier alpha value is -2.54. The molecule has 0 saturated carbocycles. The highest BCUT2D eigenvalue weighted by atomic mass is 32.1. The van der Waals surface area contributed by atoms with Gasteiger partial charge in [0.05, 0.1) is 4.88 Å². The molecule has 0 saturated heterocycles. The summed E-state index contributed by atoms with van der Waals surface area (Å²) in [5, 5.41) is 2.43. The zero-order valence-corrected chi connectivity index (χ0v) is 13.3. The highest BCUT2D eigenvalue weighted by Gasteiger charge is 2.14. The van der Waals surface area contributed by atoms with Crippen LogP contribution in [0.1, 0.15) is 31.8 Å². The first-order valence-corrected chi connectivity index (χ1v) is 7.52. The fraction of sp³-hybridized carbons (Fsp3) is 0.188. The predicted octanol–water partition coefficient (Wildman–Crippen LogP) is 3.19. The van der Waals surface area contributed by atoms with Crippen LogP contribution in [0.3, 0.4) is 0 Å². The van der Waals surface area contributed by atoms with E-state index in [0.29, 0.717) is 10.4 Å². The SMILES string of the molecule is CC(=O)c1ccc(C(=O)OCC(=O)Nc2ccc(C)c(F)c2)s1. The molecule has 2 aromatic rings. The van der Waals surface area contributed by atoms with Gasteiger partial charge < -0.3 is 10.1 Å². The quantitative estimate of drug-likeness (QED) is 0.673. The molecule has 7 heteroatoms. The molecule has 0 unspecified atom stereocenters. The Kier molecular flexibility index (Phi) is 5.23. The maximum absolute atomic E-state index is 13.4. The molecule has 2 rings (SSSR count). The first kappa shape index (κ1) is 16.8. The minimum Gasteiger partial charge on any atom is -0.451 e. The maximum atomic E-state index is 13.4. The van der Waals surface area contributed by atoms with Crippen LogP contribution < -0.4 is 5.32 Å². The van der Waals surface area contributed by atoms with Crippen LogP contribution in [0.2, 0.25) is 0 Å². The minimum absolute atomic E-state index is 0.145. The lowest BCUT2D eigenvalue weighted by Gasteiger charge is -2.06. The average Bonchev–Trinajstić information content (AvgIpc) is 2.99. The number of aryl methyl sites for hydroxylation is 1. The Labute approximate surface area is 136 Å². The summed E-state index contributed by atoms with van der Waals surface area (Å²) in [4.78, 5) is 35.3. The lowest BCUT2D eigenvalue weighted by molar-refractivity contribution is -0.119. The van der Waals surface area contributed by atoms with E-state index in [4.69, 9.17) is 4.74 Å². The van der Waals surface area contributed by atoms with Crippen molar-refractivity contribution in [2.75, 3.05) is 11.9 Å². The minimum atomic E-state index is -0.687. The van der Waals surface area contributed by atoms with Crippen LogP contribution in [0.4, 0.5) is 10.1 Å². The zero-order chi connectivity index (χ0) is 17.0. The van der Waals surface area contributed by atoms with Crippen LogP contribution in [-0.4, -0.2) is 24.3 Å². The monoisotopic (exact) mass is 335 g/mol. The van der Waals surface area contributed by atoms with Crippen molar-refractivity contribution in [2.45, 2.75) is 13.8 Å². The number of hydrogen-bond acceptors (Lipinski definition) is 5. The van der Waals surface area contributed by atoms with Gasteiger partial charge in [-0.1, -0.05) is 6.07 Å². The molecule has 0 radical (unpaired) electrons. The summed E-state index contributed by atoms with van der Waals surface area (Å²) in [6, 6.07) is 7.27. The number of benzene rings is 1. The number of carbonyl (C=O) groups is 3. The third-order valence-electron chi connectivity index (χ3n) is 2.94. The lowest BCUT2D eigenvalue weighted by Crippen LogP contribution is -2.20. The molecule has 0 bridgehead atoms. The summed E-state index contributed by atoms with van der Waals surface area (Å²) in [6.07, 6.45) is 0. The van der Waals surface area contributed by atoms with Crippen LogP contribution in [0.15, 0.2) is 30.3 Å². The molecule has 5 nitrogen and oxygen atoms in total. The summed E-state index contributed by atoms with van der Waals surface area (Å²) in [5.41, 5.74) is 0.748. The molecule has 0 aliphatic heterocycles. The second kappa shape index (κ2) is 7.15. The maximum Gasteiger partial charge on any atom is 0.348 e. The smallest absolute Gasteiger partial charge is 0.348 e. The summed E-state index contributed by atoms with van der Waals surface area (Å²) >= 11 is 1.00. The Morgan fingerprint density at radius 3 is 2.48 bits per heavy atom. The van der Waals surface area contributed by atoms with Crippen molar-refractivity contribution in [1.82, 2.24) is 0 Å². The van der Waals surface area contributed by atoms with E-state index in [9.17, 15) is 18.8 Å². The number of esters is 1. The van der Waals surface area contributed by atoms with Crippen molar-refractivity contribution in [3.63, 3.8) is 0 Å². The van der Waals surface area contributed by atoms with Gasteiger partial charge in [-0.3, -0.25) is 9.59 Å². The van der Waals surface area contributed by atoms with Crippen LogP contribution in [0.5, 0.6) is 0 Å². The Morgan fingerprint density at radius 2 is 1.87 bits per heavy atom. The second-order valence-electron chi connectivity index (χ2n) is 4.81. The fourth-order valence-electron chi connectivity index (χ4n) is 1.71. The molecule has 1 N–H and O–H groups in total.